The lowest BCUT2D eigenvalue weighted by atomic mass is 9.82. The molecule has 1 aliphatic carbocycles. The number of ether oxygens (including phenoxy) is 1. The fraction of sp³-hybridized carbons (Fsp3) is 0.579. The zero-order valence-corrected chi connectivity index (χ0v) is 15.4. The first-order valence-electron chi connectivity index (χ1n) is 8.65. The number of anilines is 1. The minimum Gasteiger partial charge on any atom is -0.477 e. The number of hydrogen-bond acceptors (Lipinski definition) is 4. The van der Waals surface area contributed by atoms with Gasteiger partial charge in [-0.2, -0.15) is 0 Å². The zero-order chi connectivity index (χ0) is 18.0. The van der Waals surface area contributed by atoms with Crippen molar-refractivity contribution in [1.29, 1.82) is 0 Å². The van der Waals surface area contributed by atoms with Gasteiger partial charge in [0, 0.05) is 5.92 Å². The van der Waals surface area contributed by atoms with Gasteiger partial charge in [-0.3, -0.25) is 4.79 Å². The van der Waals surface area contributed by atoms with E-state index in [-0.39, 0.29) is 22.1 Å². The minimum absolute atomic E-state index is 0.0293. The summed E-state index contributed by atoms with van der Waals surface area (Å²) in [4.78, 5) is 24.8. The molecular weight excluding hydrogens is 338 g/mol. The van der Waals surface area contributed by atoms with Gasteiger partial charge in [0.1, 0.15) is 4.88 Å². The highest BCUT2D eigenvalue weighted by molar-refractivity contribution is 7.15. The SMILES string of the molecule is CC1CCC(C(=O)Nc2cc(C#CC3(C)COC3)sc2C(=O)O)CC1. The second-order valence-electron chi connectivity index (χ2n) is 7.41. The van der Waals surface area contributed by atoms with Gasteiger partial charge in [-0.15, -0.1) is 11.3 Å². The van der Waals surface area contributed by atoms with Crippen molar-refractivity contribution in [3.8, 4) is 11.8 Å². The van der Waals surface area contributed by atoms with Crippen LogP contribution in [-0.2, 0) is 9.53 Å². The molecule has 0 unspecified atom stereocenters. The summed E-state index contributed by atoms with van der Waals surface area (Å²) in [6, 6.07) is 1.67. The highest BCUT2D eigenvalue weighted by Gasteiger charge is 2.31. The number of carboxylic acids is 1. The molecule has 3 rings (SSSR count). The number of thiophene rings is 1. The third-order valence-corrected chi connectivity index (χ3v) is 5.94. The number of amides is 1. The normalized spacial score (nSPS) is 24.6. The van der Waals surface area contributed by atoms with Crippen LogP contribution in [0.25, 0.3) is 0 Å². The van der Waals surface area contributed by atoms with Gasteiger partial charge in [-0.05, 0) is 44.6 Å². The maximum atomic E-state index is 12.5. The Bertz CT molecular complexity index is 730. The predicted molar refractivity (Wildman–Crippen MR) is 96.8 cm³/mol. The molecular formula is C19H23NO4S. The molecule has 0 aromatic carbocycles. The molecule has 1 amide bonds. The van der Waals surface area contributed by atoms with E-state index >= 15 is 0 Å². The molecule has 0 radical (unpaired) electrons. The third kappa shape index (κ3) is 4.23. The Balaban J connectivity index is 1.73. The molecule has 2 heterocycles. The molecule has 1 aromatic heterocycles. The topological polar surface area (TPSA) is 75.6 Å². The number of rotatable bonds is 3. The van der Waals surface area contributed by atoms with Gasteiger partial charge in [0.2, 0.25) is 5.91 Å². The van der Waals surface area contributed by atoms with Crippen molar-refractivity contribution in [3.63, 3.8) is 0 Å². The van der Waals surface area contributed by atoms with Gasteiger partial charge >= 0.3 is 5.97 Å². The number of aromatic carboxylic acids is 1. The van der Waals surface area contributed by atoms with Crippen molar-refractivity contribution in [2.24, 2.45) is 17.3 Å². The van der Waals surface area contributed by atoms with Crippen LogP contribution < -0.4 is 5.32 Å². The van der Waals surface area contributed by atoms with Crippen LogP contribution in [0.5, 0.6) is 0 Å². The number of carboxylic acid groups (broad SMARTS) is 1. The van der Waals surface area contributed by atoms with Crippen molar-refractivity contribution in [2.45, 2.75) is 39.5 Å². The Labute approximate surface area is 151 Å². The van der Waals surface area contributed by atoms with E-state index in [1.54, 1.807) is 6.07 Å². The quantitative estimate of drug-likeness (QED) is 0.807. The Kier molecular flexibility index (Phi) is 5.16. The average molecular weight is 361 g/mol. The minimum atomic E-state index is -1.04. The summed E-state index contributed by atoms with van der Waals surface area (Å²) in [6.45, 7) is 5.41. The highest BCUT2D eigenvalue weighted by Crippen LogP contribution is 2.32. The largest absolute Gasteiger partial charge is 0.477 e. The Hall–Kier alpha value is -1.84. The molecule has 6 heteroatoms. The van der Waals surface area contributed by atoms with Gasteiger partial charge in [-0.25, -0.2) is 4.79 Å². The lowest BCUT2D eigenvalue weighted by Crippen LogP contribution is -2.38. The smallest absolute Gasteiger partial charge is 0.348 e. The van der Waals surface area contributed by atoms with Crippen LogP contribution in [0.15, 0.2) is 6.07 Å². The molecule has 0 atom stereocenters. The number of carbonyl (C=O) groups is 2. The first kappa shape index (κ1) is 18.0. The average Bonchev–Trinajstić information content (AvgIpc) is 2.95. The van der Waals surface area contributed by atoms with Crippen molar-refractivity contribution >= 4 is 28.9 Å². The number of hydrogen-bond donors (Lipinski definition) is 2. The van der Waals surface area contributed by atoms with Gasteiger partial charge in [-0.1, -0.05) is 18.8 Å². The molecule has 2 N–H and O–H groups in total. The second-order valence-corrected chi connectivity index (χ2v) is 8.46. The van der Waals surface area contributed by atoms with Gasteiger partial charge in [0.25, 0.3) is 0 Å². The van der Waals surface area contributed by atoms with Crippen LogP contribution in [-0.4, -0.2) is 30.2 Å². The predicted octanol–water partition coefficient (Wildman–Crippen LogP) is 3.60. The lowest BCUT2D eigenvalue weighted by molar-refractivity contribution is -0.121. The molecule has 1 saturated carbocycles. The van der Waals surface area contributed by atoms with Crippen molar-refractivity contribution in [3.05, 3.63) is 15.8 Å². The van der Waals surface area contributed by atoms with Crippen LogP contribution in [0.3, 0.4) is 0 Å². The summed E-state index contributed by atoms with van der Waals surface area (Å²) in [5.41, 5.74) is 0.204. The fourth-order valence-electron chi connectivity index (χ4n) is 3.15. The summed E-state index contributed by atoms with van der Waals surface area (Å²) < 4.78 is 5.17. The molecule has 0 bridgehead atoms. The van der Waals surface area contributed by atoms with E-state index in [0.717, 1.165) is 37.0 Å². The van der Waals surface area contributed by atoms with E-state index in [4.69, 9.17) is 4.74 Å². The van der Waals surface area contributed by atoms with Crippen LogP contribution in [0.4, 0.5) is 5.69 Å². The van der Waals surface area contributed by atoms with E-state index in [9.17, 15) is 14.7 Å². The zero-order valence-electron chi connectivity index (χ0n) is 14.6. The Morgan fingerprint density at radius 3 is 2.56 bits per heavy atom. The molecule has 0 spiro atoms. The third-order valence-electron chi connectivity index (χ3n) is 4.90. The van der Waals surface area contributed by atoms with Crippen LogP contribution in [0.1, 0.15) is 54.1 Å². The van der Waals surface area contributed by atoms with E-state index in [2.05, 4.69) is 24.1 Å². The van der Waals surface area contributed by atoms with E-state index in [1.165, 1.54) is 0 Å². The fourth-order valence-corrected chi connectivity index (χ4v) is 3.96. The Morgan fingerprint density at radius 1 is 1.32 bits per heavy atom. The summed E-state index contributed by atoms with van der Waals surface area (Å²) in [7, 11) is 0. The van der Waals surface area contributed by atoms with Gasteiger partial charge in [0.15, 0.2) is 0 Å². The first-order valence-corrected chi connectivity index (χ1v) is 9.47. The van der Waals surface area contributed by atoms with E-state index < -0.39 is 5.97 Å². The van der Waals surface area contributed by atoms with E-state index in [1.807, 2.05) is 6.92 Å². The molecule has 25 heavy (non-hydrogen) atoms. The van der Waals surface area contributed by atoms with E-state index in [0.29, 0.717) is 29.7 Å². The molecule has 1 aromatic rings. The number of nitrogens with one attached hydrogen (secondary N) is 1. The van der Waals surface area contributed by atoms with Crippen molar-refractivity contribution < 1.29 is 19.4 Å². The molecule has 1 aliphatic heterocycles. The molecule has 2 fully saturated rings. The molecule has 134 valence electrons. The van der Waals surface area contributed by atoms with Crippen molar-refractivity contribution in [2.75, 3.05) is 18.5 Å². The lowest BCUT2D eigenvalue weighted by Gasteiger charge is -2.32. The monoisotopic (exact) mass is 361 g/mol. The molecule has 1 saturated heterocycles. The summed E-state index contributed by atoms with van der Waals surface area (Å²) in [6.07, 6.45) is 3.82. The molecule has 5 nitrogen and oxygen atoms in total. The maximum absolute atomic E-state index is 12.5. The summed E-state index contributed by atoms with van der Waals surface area (Å²) in [5, 5.41) is 12.2. The van der Waals surface area contributed by atoms with Crippen LogP contribution in [0, 0.1) is 29.1 Å². The maximum Gasteiger partial charge on any atom is 0.348 e. The first-order chi connectivity index (χ1) is 11.9. The van der Waals surface area contributed by atoms with Gasteiger partial charge < -0.3 is 15.2 Å². The number of carbonyl (C=O) groups excluding carboxylic acids is 1. The Morgan fingerprint density at radius 2 is 2.00 bits per heavy atom. The van der Waals surface area contributed by atoms with Crippen LogP contribution >= 0.6 is 11.3 Å². The standard InChI is InChI=1S/C19H23NO4S/c1-12-3-5-13(6-4-12)17(21)20-15-9-14(25-16(15)18(22)23)7-8-19(2)10-24-11-19/h9,12-13H,3-6,10-11H2,1-2H3,(H,20,21)(H,22,23). The summed E-state index contributed by atoms with van der Waals surface area (Å²) >= 11 is 1.10. The van der Waals surface area contributed by atoms with Crippen molar-refractivity contribution in [1.82, 2.24) is 0 Å². The van der Waals surface area contributed by atoms with Crippen LogP contribution in [0.2, 0.25) is 0 Å². The summed E-state index contributed by atoms with van der Waals surface area (Å²) in [5.74, 6) is 5.70. The molecule has 2 aliphatic rings. The highest BCUT2D eigenvalue weighted by atomic mass is 32.1. The second kappa shape index (κ2) is 7.19. The van der Waals surface area contributed by atoms with Gasteiger partial charge in [0.05, 0.1) is 29.2 Å².